The number of pyridine rings is 1. The van der Waals surface area contributed by atoms with Crippen molar-refractivity contribution < 1.29 is 14.2 Å². The molecule has 1 N–H and O–H groups in total. The highest BCUT2D eigenvalue weighted by Gasteiger charge is 2.25. The number of rotatable bonds is 5. The Hall–Kier alpha value is -3.13. The highest BCUT2D eigenvalue weighted by molar-refractivity contribution is 5.82. The van der Waals surface area contributed by atoms with Gasteiger partial charge in [-0.15, -0.1) is 0 Å². The summed E-state index contributed by atoms with van der Waals surface area (Å²) >= 11 is 0. The second-order valence-corrected chi connectivity index (χ2v) is 7.26. The second-order valence-electron chi connectivity index (χ2n) is 7.26. The van der Waals surface area contributed by atoms with Crippen LogP contribution >= 0.6 is 0 Å². The zero-order chi connectivity index (χ0) is 20.5. The normalized spacial score (nSPS) is 18.8. The Morgan fingerprint density at radius 1 is 1.14 bits per heavy atom. The summed E-state index contributed by atoms with van der Waals surface area (Å²) in [7, 11) is 4.87. The maximum atomic E-state index is 13.1. The Bertz CT molecular complexity index is 1090. The molecule has 2 atom stereocenters. The van der Waals surface area contributed by atoms with Gasteiger partial charge in [0, 0.05) is 36.2 Å². The molecule has 3 aromatic rings. The van der Waals surface area contributed by atoms with Crippen molar-refractivity contribution in [3.63, 3.8) is 0 Å². The van der Waals surface area contributed by atoms with E-state index in [1.165, 1.54) is 4.57 Å². The molecular formula is C21H24N4O4. The fourth-order valence-corrected chi connectivity index (χ4v) is 3.50. The molecule has 1 aromatic carbocycles. The van der Waals surface area contributed by atoms with E-state index in [0.29, 0.717) is 46.7 Å². The number of methoxy groups -OCH3 is 2. The molecule has 0 radical (unpaired) electrons. The minimum Gasteiger partial charge on any atom is -0.497 e. The van der Waals surface area contributed by atoms with Crippen LogP contribution in [0.2, 0.25) is 0 Å². The van der Waals surface area contributed by atoms with Crippen molar-refractivity contribution in [2.24, 2.45) is 13.0 Å². The Labute approximate surface area is 168 Å². The number of nitrogens with zero attached hydrogens (tertiary/aromatic N) is 3. The average Bonchev–Trinajstić information content (AvgIpc) is 3.14. The monoisotopic (exact) mass is 396 g/mol. The number of aromatic nitrogens is 3. The summed E-state index contributed by atoms with van der Waals surface area (Å²) in [5.74, 6) is 2.10. The number of hydrogen-bond acceptors (Lipinski definition) is 7. The van der Waals surface area contributed by atoms with Crippen molar-refractivity contribution in [3.05, 3.63) is 40.8 Å². The summed E-state index contributed by atoms with van der Waals surface area (Å²) in [6.45, 7) is 3.46. The molecule has 1 aliphatic heterocycles. The molecule has 0 unspecified atom stereocenters. The predicted octanol–water partition coefficient (Wildman–Crippen LogP) is 2.46. The number of benzene rings is 1. The zero-order valence-electron chi connectivity index (χ0n) is 16.9. The Balaban J connectivity index is 1.77. The molecule has 8 heteroatoms. The first-order valence-corrected chi connectivity index (χ1v) is 9.44. The molecule has 1 saturated heterocycles. The van der Waals surface area contributed by atoms with Gasteiger partial charge in [0.1, 0.15) is 17.1 Å². The first-order chi connectivity index (χ1) is 14.0. The molecule has 2 aromatic heterocycles. The number of aryl methyl sites for hydroxylation is 1. The van der Waals surface area contributed by atoms with Crippen LogP contribution in [0.4, 0.5) is 5.95 Å². The van der Waals surface area contributed by atoms with E-state index in [2.05, 4.69) is 22.2 Å². The minimum absolute atomic E-state index is 0.157. The maximum Gasteiger partial charge on any atom is 0.259 e. The largest absolute Gasteiger partial charge is 0.497 e. The smallest absolute Gasteiger partial charge is 0.259 e. The molecule has 0 amide bonds. The van der Waals surface area contributed by atoms with Crippen LogP contribution in [0.1, 0.15) is 6.92 Å². The number of hydrogen-bond donors (Lipinski definition) is 1. The third-order valence-corrected chi connectivity index (χ3v) is 5.29. The second kappa shape index (κ2) is 7.71. The van der Waals surface area contributed by atoms with E-state index in [0.717, 1.165) is 12.0 Å². The van der Waals surface area contributed by atoms with Gasteiger partial charge in [-0.3, -0.25) is 9.36 Å². The van der Waals surface area contributed by atoms with Crippen LogP contribution in [0.5, 0.6) is 11.5 Å². The third kappa shape index (κ3) is 3.63. The van der Waals surface area contributed by atoms with E-state index in [1.54, 1.807) is 39.6 Å². The molecule has 29 heavy (non-hydrogen) atoms. The summed E-state index contributed by atoms with van der Waals surface area (Å²) in [5, 5.41) is 4.08. The zero-order valence-corrected chi connectivity index (χ0v) is 16.9. The molecule has 8 nitrogen and oxygen atoms in total. The van der Waals surface area contributed by atoms with Crippen LogP contribution < -0.4 is 20.3 Å². The molecule has 3 heterocycles. The summed E-state index contributed by atoms with van der Waals surface area (Å²) in [4.78, 5) is 22.1. The summed E-state index contributed by atoms with van der Waals surface area (Å²) in [5.41, 5.74) is 1.65. The number of ether oxygens (including phenoxy) is 3. The molecule has 1 fully saturated rings. The van der Waals surface area contributed by atoms with Gasteiger partial charge in [-0.1, -0.05) is 6.92 Å². The predicted molar refractivity (Wildman–Crippen MR) is 111 cm³/mol. The Morgan fingerprint density at radius 3 is 2.48 bits per heavy atom. The van der Waals surface area contributed by atoms with Gasteiger partial charge in [0.15, 0.2) is 0 Å². The number of anilines is 1. The van der Waals surface area contributed by atoms with E-state index >= 15 is 0 Å². The van der Waals surface area contributed by atoms with Crippen LogP contribution in [-0.2, 0) is 11.8 Å². The lowest BCUT2D eigenvalue weighted by Gasteiger charge is -2.16. The van der Waals surface area contributed by atoms with Crippen LogP contribution in [0, 0.1) is 5.92 Å². The van der Waals surface area contributed by atoms with E-state index in [4.69, 9.17) is 14.2 Å². The van der Waals surface area contributed by atoms with Crippen molar-refractivity contribution in [2.45, 2.75) is 13.0 Å². The van der Waals surface area contributed by atoms with Crippen molar-refractivity contribution in [1.82, 2.24) is 14.5 Å². The first-order valence-electron chi connectivity index (χ1n) is 9.44. The van der Waals surface area contributed by atoms with Gasteiger partial charge < -0.3 is 19.5 Å². The van der Waals surface area contributed by atoms with Crippen molar-refractivity contribution >= 4 is 17.0 Å². The van der Waals surface area contributed by atoms with E-state index in [1.807, 2.05) is 12.1 Å². The average molecular weight is 396 g/mol. The van der Waals surface area contributed by atoms with Gasteiger partial charge in [-0.05, 0) is 23.8 Å². The van der Waals surface area contributed by atoms with Crippen molar-refractivity contribution in [3.8, 4) is 22.6 Å². The summed E-state index contributed by atoms with van der Waals surface area (Å²) in [6.07, 6.45) is 1.73. The van der Waals surface area contributed by atoms with Gasteiger partial charge in [0.2, 0.25) is 5.95 Å². The van der Waals surface area contributed by atoms with Crippen LogP contribution in [-0.4, -0.2) is 48.0 Å². The first kappa shape index (κ1) is 19.2. The molecular weight excluding hydrogens is 372 g/mol. The molecule has 0 bridgehead atoms. The fourth-order valence-electron chi connectivity index (χ4n) is 3.50. The number of fused-ring (bicyclic) bond motifs is 1. The van der Waals surface area contributed by atoms with E-state index < -0.39 is 0 Å². The fraction of sp³-hybridized carbons (Fsp3) is 0.381. The summed E-state index contributed by atoms with van der Waals surface area (Å²) in [6, 6.07) is 7.35. The molecule has 1 aliphatic rings. The molecule has 0 saturated carbocycles. The maximum absolute atomic E-state index is 13.1. The SMILES string of the molecule is COc1cc(OC)cc(-c2cc3cnc(N[C@@H]4COC[C@@H]4C)nc3n(C)c2=O)c1. The van der Waals surface area contributed by atoms with Crippen LogP contribution in [0.25, 0.3) is 22.2 Å². The highest BCUT2D eigenvalue weighted by atomic mass is 16.5. The lowest BCUT2D eigenvalue weighted by molar-refractivity contribution is 0.187. The van der Waals surface area contributed by atoms with Gasteiger partial charge >= 0.3 is 0 Å². The Morgan fingerprint density at radius 2 is 1.86 bits per heavy atom. The van der Waals surface area contributed by atoms with Gasteiger partial charge in [-0.25, -0.2) is 4.98 Å². The molecule has 0 spiro atoms. The quantitative estimate of drug-likeness (QED) is 0.709. The summed E-state index contributed by atoms with van der Waals surface area (Å²) < 4.78 is 17.7. The standard InChI is InChI=1S/C21H24N4O4/c1-12-10-29-11-18(12)23-21-22-9-14-7-17(20(26)25(2)19(14)24-21)13-5-15(27-3)8-16(6-13)28-4/h5-9,12,18H,10-11H2,1-4H3,(H,22,23,24)/t12-,18+/m0/s1. The molecule has 4 rings (SSSR count). The van der Waals surface area contributed by atoms with Gasteiger partial charge in [-0.2, -0.15) is 4.98 Å². The van der Waals surface area contributed by atoms with Gasteiger partial charge in [0.05, 0.1) is 33.5 Å². The number of nitrogens with one attached hydrogen (secondary N) is 1. The molecule has 0 aliphatic carbocycles. The van der Waals surface area contributed by atoms with Crippen molar-refractivity contribution in [2.75, 3.05) is 32.8 Å². The third-order valence-electron chi connectivity index (χ3n) is 5.29. The lowest BCUT2D eigenvalue weighted by Crippen LogP contribution is -2.27. The van der Waals surface area contributed by atoms with E-state index in [9.17, 15) is 4.79 Å². The van der Waals surface area contributed by atoms with E-state index in [-0.39, 0.29) is 11.6 Å². The lowest BCUT2D eigenvalue weighted by atomic mass is 10.1. The van der Waals surface area contributed by atoms with Crippen molar-refractivity contribution in [1.29, 1.82) is 0 Å². The van der Waals surface area contributed by atoms with Crippen LogP contribution in [0.15, 0.2) is 35.3 Å². The van der Waals surface area contributed by atoms with Crippen LogP contribution in [0.3, 0.4) is 0 Å². The molecule has 152 valence electrons. The highest BCUT2D eigenvalue weighted by Crippen LogP contribution is 2.29. The topological polar surface area (TPSA) is 87.5 Å². The Kier molecular flexibility index (Phi) is 5.10. The van der Waals surface area contributed by atoms with Gasteiger partial charge in [0.25, 0.3) is 5.56 Å². The minimum atomic E-state index is -0.157.